The van der Waals surface area contributed by atoms with Gasteiger partial charge in [0.1, 0.15) is 17.5 Å². The first kappa shape index (κ1) is 11.8. The summed E-state index contributed by atoms with van der Waals surface area (Å²) in [6, 6.07) is 1.61. The fourth-order valence-corrected chi connectivity index (χ4v) is 1.94. The van der Waals surface area contributed by atoms with Crippen LogP contribution in [0, 0.1) is 16.0 Å². The molecule has 0 amide bonds. The van der Waals surface area contributed by atoms with E-state index in [-0.39, 0.29) is 11.6 Å². The second-order valence-corrected chi connectivity index (χ2v) is 4.74. The van der Waals surface area contributed by atoms with Gasteiger partial charge in [-0.1, -0.05) is 13.8 Å². The summed E-state index contributed by atoms with van der Waals surface area (Å²) in [5.41, 5.74) is -0.231. The van der Waals surface area contributed by atoms with Crippen LogP contribution in [0.2, 0.25) is 0 Å². The van der Waals surface area contributed by atoms with Gasteiger partial charge in [0.25, 0.3) is 0 Å². The molecule has 17 heavy (non-hydrogen) atoms. The van der Waals surface area contributed by atoms with E-state index in [4.69, 9.17) is 0 Å². The fraction of sp³-hybridized carbons (Fsp3) is 0.545. The van der Waals surface area contributed by atoms with Crippen molar-refractivity contribution >= 4 is 11.4 Å². The summed E-state index contributed by atoms with van der Waals surface area (Å²) in [6.45, 7) is 4.74. The largest absolute Gasteiger partial charge is 0.386 e. The lowest BCUT2D eigenvalue weighted by molar-refractivity contribution is -0.384. The molecule has 0 bridgehead atoms. The maximum atomic E-state index is 10.8. The minimum Gasteiger partial charge on any atom is -0.386 e. The summed E-state index contributed by atoms with van der Waals surface area (Å²) in [5.74, 6) is 0.139. The zero-order chi connectivity index (χ0) is 12.6. The Morgan fingerprint density at radius 3 is 2.76 bits per heavy atom. The van der Waals surface area contributed by atoms with Crippen LogP contribution in [0.25, 0.3) is 0 Å². The molecule has 2 rings (SSSR count). The van der Waals surface area contributed by atoms with Crippen LogP contribution in [-0.2, 0) is 0 Å². The van der Waals surface area contributed by atoms with Crippen molar-refractivity contribution in [1.82, 2.24) is 4.98 Å². The molecule has 2 heterocycles. The van der Waals surface area contributed by atoms with Gasteiger partial charge in [-0.2, -0.15) is 0 Å². The molecule has 1 N–H and O–H groups in total. The molecule has 1 aliphatic heterocycles. The van der Waals surface area contributed by atoms with Crippen LogP contribution in [0.1, 0.15) is 13.8 Å². The van der Waals surface area contributed by atoms with Gasteiger partial charge in [-0.3, -0.25) is 15.1 Å². The number of nitrogens with zero attached hydrogens (tertiary/aromatic N) is 3. The molecule has 0 aliphatic carbocycles. The van der Waals surface area contributed by atoms with Gasteiger partial charge in [0.15, 0.2) is 0 Å². The Labute approximate surface area is 99.0 Å². The van der Waals surface area contributed by atoms with E-state index in [0.717, 1.165) is 0 Å². The molecule has 0 atom stereocenters. The van der Waals surface area contributed by atoms with Gasteiger partial charge in [0.05, 0.1) is 4.92 Å². The molecule has 0 saturated carbocycles. The first-order valence-electron chi connectivity index (χ1n) is 5.50. The summed E-state index contributed by atoms with van der Waals surface area (Å²) >= 11 is 0. The molecule has 1 saturated heterocycles. The van der Waals surface area contributed by atoms with E-state index in [0.29, 0.717) is 18.8 Å². The van der Waals surface area contributed by atoms with E-state index in [2.05, 4.69) is 4.98 Å². The van der Waals surface area contributed by atoms with Crippen LogP contribution in [-0.4, -0.2) is 33.7 Å². The fourth-order valence-electron chi connectivity index (χ4n) is 1.94. The Hall–Kier alpha value is -1.69. The molecule has 6 heteroatoms. The molecule has 0 aromatic carbocycles. The predicted octanol–water partition coefficient (Wildman–Crippen LogP) is 1.20. The lowest BCUT2D eigenvalue weighted by Crippen LogP contribution is -2.64. The zero-order valence-electron chi connectivity index (χ0n) is 9.83. The number of rotatable bonds is 3. The third-order valence-electron chi connectivity index (χ3n) is 3.32. The number of β-amino-alcohol motifs (C(OH)–C–C–N with tert-alkyl or cyclic N) is 1. The monoisotopic (exact) mass is 237 g/mol. The smallest absolute Gasteiger partial charge is 0.310 e. The number of anilines is 1. The molecule has 1 fully saturated rings. The van der Waals surface area contributed by atoms with Gasteiger partial charge < -0.3 is 10.0 Å². The van der Waals surface area contributed by atoms with Gasteiger partial charge in [0.2, 0.25) is 0 Å². The second-order valence-electron chi connectivity index (χ2n) is 4.74. The molecule has 0 unspecified atom stereocenters. The quantitative estimate of drug-likeness (QED) is 0.631. The first-order chi connectivity index (χ1) is 7.94. The zero-order valence-corrected chi connectivity index (χ0v) is 9.83. The average molecular weight is 237 g/mol. The Morgan fingerprint density at radius 1 is 1.59 bits per heavy atom. The Bertz CT molecular complexity index is 441. The highest BCUT2D eigenvalue weighted by Crippen LogP contribution is 2.36. The van der Waals surface area contributed by atoms with E-state index in [1.165, 1.54) is 12.4 Å². The Kier molecular flexibility index (Phi) is 2.74. The second kappa shape index (κ2) is 3.96. The Morgan fingerprint density at radius 2 is 2.24 bits per heavy atom. The van der Waals surface area contributed by atoms with Crippen molar-refractivity contribution in [3.05, 3.63) is 28.6 Å². The van der Waals surface area contributed by atoms with Crippen LogP contribution in [0.3, 0.4) is 0 Å². The van der Waals surface area contributed by atoms with Gasteiger partial charge in [0, 0.05) is 19.3 Å². The predicted molar refractivity (Wildman–Crippen MR) is 62.9 cm³/mol. The number of hydrogen-bond acceptors (Lipinski definition) is 5. The van der Waals surface area contributed by atoms with Crippen LogP contribution in [0.15, 0.2) is 18.5 Å². The van der Waals surface area contributed by atoms with Crippen molar-refractivity contribution in [1.29, 1.82) is 0 Å². The number of nitro groups is 1. The minimum absolute atomic E-state index is 0.0155. The number of pyridine rings is 1. The van der Waals surface area contributed by atoms with Crippen molar-refractivity contribution < 1.29 is 10.0 Å². The molecule has 92 valence electrons. The SMILES string of the molecule is CC(C)C1(O)CN(c2ccncc2[N+](=O)[O-])C1. The molecule has 1 aromatic heterocycles. The van der Waals surface area contributed by atoms with Crippen molar-refractivity contribution in [2.75, 3.05) is 18.0 Å². The lowest BCUT2D eigenvalue weighted by atomic mass is 9.82. The molecule has 0 radical (unpaired) electrons. The highest BCUT2D eigenvalue weighted by atomic mass is 16.6. The maximum Gasteiger partial charge on any atom is 0.310 e. The van der Waals surface area contributed by atoms with Gasteiger partial charge in [-0.05, 0) is 12.0 Å². The Balaban J connectivity index is 2.19. The van der Waals surface area contributed by atoms with E-state index < -0.39 is 10.5 Å². The molecular formula is C11H15N3O3. The van der Waals surface area contributed by atoms with Gasteiger partial charge in [-0.25, -0.2) is 0 Å². The summed E-state index contributed by atoms with van der Waals surface area (Å²) in [7, 11) is 0. The van der Waals surface area contributed by atoms with Crippen LogP contribution in [0.5, 0.6) is 0 Å². The molecular weight excluding hydrogens is 222 g/mol. The first-order valence-corrected chi connectivity index (χ1v) is 5.50. The van der Waals surface area contributed by atoms with Crippen molar-refractivity contribution in [3.8, 4) is 0 Å². The van der Waals surface area contributed by atoms with E-state index in [1.807, 2.05) is 13.8 Å². The highest BCUT2D eigenvalue weighted by Gasteiger charge is 2.45. The topological polar surface area (TPSA) is 79.5 Å². The van der Waals surface area contributed by atoms with Crippen molar-refractivity contribution in [2.24, 2.45) is 5.92 Å². The summed E-state index contributed by atoms with van der Waals surface area (Å²) in [6.07, 6.45) is 2.76. The van der Waals surface area contributed by atoms with Gasteiger partial charge in [-0.15, -0.1) is 0 Å². The average Bonchev–Trinajstić information content (AvgIpc) is 2.24. The molecule has 6 nitrogen and oxygen atoms in total. The third kappa shape index (κ3) is 1.95. The van der Waals surface area contributed by atoms with Crippen molar-refractivity contribution in [3.63, 3.8) is 0 Å². The number of aliphatic hydroxyl groups is 1. The van der Waals surface area contributed by atoms with E-state index in [1.54, 1.807) is 11.0 Å². The number of hydrogen-bond donors (Lipinski definition) is 1. The summed E-state index contributed by atoms with van der Waals surface area (Å²) < 4.78 is 0. The minimum atomic E-state index is -0.739. The highest BCUT2D eigenvalue weighted by molar-refractivity contribution is 5.63. The van der Waals surface area contributed by atoms with Crippen LogP contribution in [0.4, 0.5) is 11.4 Å². The number of aromatic nitrogens is 1. The molecule has 1 aromatic rings. The van der Waals surface area contributed by atoms with E-state index in [9.17, 15) is 15.2 Å². The molecule has 1 aliphatic rings. The van der Waals surface area contributed by atoms with Gasteiger partial charge >= 0.3 is 5.69 Å². The van der Waals surface area contributed by atoms with Crippen LogP contribution < -0.4 is 4.90 Å². The van der Waals surface area contributed by atoms with E-state index >= 15 is 0 Å². The third-order valence-corrected chi connectivity index (χ3v) is 3.32. The lowest BCUT2D eigenvalue weighted by Gasteiger charge is -2.49. The van der Waals surface area contributed by atoms with Crippen LogP contribution >= 0.6 is 0 Å². The normalized spacial score (nSPS) is 18.0. The standard InChI is InChI=1S/C11H15N3O3/c1-8(2)11(15)6-13(7-11)9-3-4-12-5-10(9)14(16)17/h3-5,8,15H,6-7H2,1-2H3. The molecule has 0 spiro atoms. The van der Waals surface area contributed by atoms with Crippen molar-refractivity contribution in [2.45, 2.75) is 19.4 Å². The summed E-state index contributed by atoms with van der Waals surface area (Å²) in [5, 5.41) is 21.0. The summed E-state index contributed by atoms with van der Waals surface area (Å²) in [4.78, 5) is 15.9. The maximum absolute atomic E-state index is 10.8.